The van der Waals surface area contributed by atoms with Gasteiger partial charge in [-0.05, 0) is 37.0 Å². The number of rotatable bonds is 6. The summed E-state index contributed by atoms with van der Waals surface area (Å²) in [5.74, 6) is -0.578. The summed E-state index contributed by atoms with van der Waals surface area (Å²) in [5.41, 5.74) is 7.29. The summed E-state index contributed by atoms with van der Waals surface area (Å²) in [6.45, 7) is -0.183. The summed E-state index contributed by atoms with van der Waals surface area (Å²) in [6.07, 6.45) is 2.90. The van der Waals surface area contributed by atoms with E-state index < -0.39 is 0 Å². The van der Waals surface area contributed by atoms with Crippen LogP contribution in [-0.4, -0.2) is 24.5 Å². The number of nitrogen functional groups attached to an aromatic ring is 1. The van der Waals surface area contributed by atoms with Gasteiger partial charge in [-0.1, -0.05) is 12.1 Å². The number of esters is 1. The third kappa shape index (κ3) is 4.99. The van der Waals surface area contributed by atoms with Gasteiger partial charge in [-0.2, -0.15) is 0 Å². The second kappa shape index (κ2) is 6.22. The molecular weight excluding hydrogens is 244 g/mol. The zero-order valence-electron chi connectivity index (χ0n) is 10.7. The van der Waals surface area contributed by atoms with Crippen molar-refractivity contribution in [3.05, 3.63) is 29.8 Å². The normalized spacial score (nSPS) is 13.9. The molecule has 0 heterocycles. The third-order valence-corrected chi connectivity index (χ3v) is 2.90. The van der Waals surface area contributed by atoms with Gasteiger partial charge in [0.25, 0.3) is 5.91 Å². The standard InChI is InChI=1S/C14H18N2O3/c15-11-4-1-10(2-5-11)3-8-14(18)19-9-13(17)16-12-6-7-12/h1-2,4-5,12H,3,6-9,15H2,(H,16,17). The van der Waals surface area contributed by atoms with Gasteiger partial charge in [0.15, 0.2) is 6.61 Å². The first-order valence-electron chi connectivity index (χ1n) is 6.43. The number of ether oxygens (including phenoxy) is 1. The van der Waals surface area contributed by atoms with E-state index in [0.29, 0.717) is 18.2 Å². The van der Waals surface area contributed by atoms with Crippen molar-refractivity contribution in [3.63, 3.8) is 0 Å². The summed E-state index contributed by atoms with van der Waals surface area (Å²) >= 11 is 0. The molecule has 0 aromatic heterocycles. The Kier molecular flexibility index (Phi) is 4.39. The Balaban J connectivity index is 1.63. The van der Waals surface area contributed by atoms with Crippen LogP contribution in [0.15, 0.2) is 24.3 Å². The number of hydrogen-bond acceptors (Lipinski definition) is 4. The predicted octanol–water partition coefficient (Wildman–Crippen LogP) is 1.02. The molecule has 1 fully saturated rings. The largest absolute Gasteiger partial charge is 0.456 e. The molecular formula is C14H18N2O3. The van der Waals surface area contributed by atoms with Crippen LogP contribution in [0.4, 0.5) is 5.69 Å². The highest BCUT2D eigenvalue weighted by Crippen LogP contribution is 2.18. The third-order valence-electron chi connectivity index (χ3n) is 2.90. The Morgan fingerprint density at radius 3 is 2.58 bits per heavy atom. The second-order valence-electron chi connectivity index (χ2n) is 4.74. The maximum Gasteiger partial charge on any atom is 0.306 e. The van der Waals surface area contributed by atoms with Gasteiger partial charge >= 0.3 is 5.97 Å². The molecule has 1 aliphatic carbocycles. The van der Waals surface area contributed by atoms with E-state index in [0.717, 1.165) is 18.4 Å². The van der Waals surface area contributed by atoms with E-state index in [1.54, 1.807) is 12.1 Å². The molecule has 3 N–H and O–H groups in total. The van der Waals surface area contributed by atoms with Crippen molar-refractivity contribution in [2.45, 2.75) is 31.7 Å². The highest BCUT2D eigenvalue weighted by molar-refractivity contribution is 5.81. The first kappa shape index (κ1) is 13.4. The van der Waals surface area contributed by atoms with E-state index in [4.69, 9.17) is 10.5 Å². The molecule has 0 atom stereocenters. The molecule has 1 saturated carbocycles. The molecule has 1 aromatic carbocycles. The molecule has 0 unspecified atom stereocenters. The van der Waals surface area contributed by atoms with Gasteiger partial charge in [-0.15, -0.1) is 0 Å². The Morgan fingerprint density at radius 1 is 1.26 bits per heavy atom. The predicted molar refractivity (Wildman–Crippen MR) is 71.3 cm³/mol. The van der Waals surface area contributed by atoms with E-state index in [-0.39, 0.29) is 24.9 Å². The Morgan fingerprint density at radius 2 is 1.95 bits per heavy atom. The van der Waals surface area contributed by atoms with Gasteiger partial charge in [-0.25, -0.2) is 0 Å². The Labute approximate surface area is 112 Å². The van der Waals surface area contributed by atoms with Crippen LogP contribution in [0.2, 0.25) is 0 Å². The summed E-state index contributed by atoms with van der Waals surface area (Å²) in [7, 11) is 0. The average molecular weight is 262 g/mol. The monoisotopic (exact) mass is 262 g/mol. The number of benzene rings is 1. The number of carbonyl (C=O) groups is 2. The van der Waals surface area contributed by atoms with Crippen molar-refractivity contribution in [1.82, 2.24) is 5.32 Å². The second-order valence-corrected chi connectivity index (χ2v) is 4.74. The van der Waals surface area contributed by atoms with Crippen molar-refractivity contribution >= 4 is 17.6 Å². The maximum absolute atomic E-state index is 11.5. The lowest BCUT2D eigenvalue weighted by Gasteiger charge is -2.05. The number of nitrogens with two attached hydrogens (primary N) is 1. The molecule has 1 amide bonds. The summed E-state index contributed by atoms with van der Waals surface area (Å²) in [5, 5.41) is 2.76. The lowest BCUT2D eigenvalue weighted by atomic mass is 10.1. The SMILES string of the molecule is Nc1ccc(CCC(=O)OCC(=O)NC2CC2)cc1. The van der Waals surface area contributed by atoms with Crippen molar-refractivity contribution in [1.29, 1.82) is 0 Å². The quantitative estimate of drug-likeness (QED) is 0.592. The van der Waals surface area contributed by atoms with E-state index in [1.165, 1.54) is 0 Å². The van der Waals surface area contributed by atoms with Crippen LogP contribution in [-0.2, 0) is 20.7 Å². The number of nitrogens with one attached hydrogen (secondary N) is 1. The van der Waals surface area contributed by atoms with E-state index in [9.17, 15) is 9.59 Å². The topological polar surface area (TPSA) is 81.4 Å². The fourth-order valence-electron chi connectivity index (χ4n) is 1.65. The summed E-state index contributed by atoms with van der Waals surface area (Å²) in [6, 6.07) is 7.64. The number of carbonyl (C=O) groups excluding carboxylic acids is 2. The van der Waals surface area contributed by atoms with Gasteiger partial charge in [0.05, 0.1) is 0 Å². The van der Waals surface area contributed by atoms with Crippen LogP contribution >= 0.6 is 0 Å². The van der Waals surface area contributed by atoms with Crippen LogP contribution in [0.3, 0.4) is 0 Å². The molecule has 0 radical (unpaired) electrons. The lowest BCUT2D eigenvalue weighted by molar-refractivity contribution is -0.148. The number of hydrogen-bond donors (Lipinski definition) is 2. The first-order chi connectivity index (χ1) is 9.13. The molecule has 0 aliphatic heterocycles. The molecule has 5 heteroatoms. The summed E-state index contributed by atoms with van der Waals surface area (Å²) < 4.78 is 4.90. The Bertz CT molecular complexity index is 452. The molecule has 5 nitrogen and oxygen atoms in total. The molecule has 1 aliphatic rings. The highest BCUT2D eigenvalue weighted by atomic mass is 16.5. The molecule has 1 aromatic rings. The van der Waals surface area contributed by atoms with Crippen LogP contribution in [0.5, 0.6) is 0 Å². The van der Waals surface area contributed by atoms with Gasteiger partial charge in [-0.3, -0.25) is 9.59 Å². The van der Waals surface area contributed by atoms with Gasteiger partial charge < -0.3 is 15.8 Å². The zero-order valence-corrected chi connectivity index (χ0v) is 10.7. The molecule has 0 saturated heterocycles. The van der Waals surface area contributed by atoms with Crippen molar-refractivity contribution in [3.8, 4) is 0 Å². The van der Waals surface area contributed by atoms with Crippen molar-refractivity contribution < 1.29 is 14.3 Å². The van der Waals surface area contributed by atoms with Crippen LogP contribution in [0.25, 0.3) is 0 Å². The van der Waals surface area contributed by atoms with Crippen LogP contribution < -0.4 is 11.1 Å². The molecule has 0 spiro atoms. The molecule has 2 rings (SSSR count). The molecule has 19 heavy (non-hydrogen) atoms. The van der Waals surface area contributed by atoms with E-state index in [1.807, 2.05) is 12.1 Å². The summed E-state index contributed by atoms with van der Waals surface area (Å²) in [4.78, 5) is 22.8. The smallest absolute Gasteiger partial charge is 0.306 e. The maximum atomic E-state index is 11.5. The van der Waals surface area contributed by atoms with E-state index in [2.05, 4.69) is 5.32 Å². The fourth-order valence-corrected chi connectivity index (χ4v) is 1.65. The van der Waals surface area contributed by atoms with E-state index >= 15 is 0 Å². The minimum atomic E-state index is -0.359. The van der Waals surface area contributed by atoms with Crippen LogP contribution in [0, 0.1) is 0 Å². The Hall–Kier alpha value is -2.04. The highest BCUT2D eigenvalue weighted by Gasteiger charge is 2.23. The average Bonchev–Trinajstić information content (AvgIpc) is 3.19. The molecule has 102 valence electrons. The van der Waals surface area contributed by atoms with Crippen molar-refractivity contribution in [2.75, 3.05) is 12.3 Å². The number of aryl methyl sites for hydroxylation is 1. The first-order valence-corrected chi connectivity index (χ1v) is 6.43. The number of anilines is 1. The minimum Gasteiger partial charge on any atom is -0.456 e. The van der Waals surface area contributed by atoms with Crippen molar-refractivity contribution in [2.24, 2.45) is 0 Å². The van der Waals surface area contributed by atoms with Gasteiger partial charge in [0, 0.05) is 18.2 Å². The fraction of sp³-hybridized carbons (Fsp3) is 0.429. The number of amides is 1. The van der Waals surface area contributed by atoms with Gasteiger partial charge in [0.2, 0.25) is 0 Å². The lowest BCUT2D eigenvalue weighted by Crippen LogP contribution is -2.30. The molecule has 0 bridgehead atoms. The van der Waals surface area contributed by atoms with Crippen LogP contribution in [0.1, 0.15) is 24.8 Å². The minimum absolute atomic E-state index is 0.183. The van der Waals surface area contributed by atoms with Gasteiger partial charge in [0.1, 0.15) is 0 Å². The zero-order chi connectivity index (χ0) is 13.7.